The van der Waals surface area contributed by atoms with Crippen molar-refractivity contribution in [2.24, 2.45) is 11.8 Å². The molecule has 0 saturated heterocycles. The summed E-state index contributed by atoms with van der Waals surface area (Å²) >= 11 is 0. The van der Waals surface area contributed by atoms with Gasteiger partial charge in [-0.25, -0.2) is 9.97 Å². The Bertz CT molecular complexity index is 515. The van der Waals surface area contributed by atoms with Crippen LogP contribution in [0.3, 0.4) is 0 Å². The number of fused-ring (bicyclic) bond motifs is 1. The second-order valence-corrected chi connectivity index (χ2v) is 5.33. The van der Waals surface area contributed by atoms with E-state index in [1.165, 1.54) is 25.0 Å². The number of aromatic nitrogens is 2. The molecule has 0 aliphatic heterocycles. The highest BCUT2D eigenvalue weighted by Gasteiger charge is 2.24. The van der Waals surface area contributed by atoms with Crippen molar-refractivity contribution in [1.29, 1.82) is 0 Å². The fraction of sp³-hybridized carbons (Fsp3) is 0.467. The molecule has 0 unspecified atom stereocenters. The molecule has 1 aliphatic carbocycles. The van der Waals surface area contributed by atoms with Crippen LogP contribution in [0.1, 0.15) is 31.9 Å². The van der Waals surface area contributed by atoms with Crippen LogP contribution in [0.25, 0.3) is 11.0 Å². The van der Waals surface area contributed by atoms with Gasteiger partial charge >= 0.3 is 0 Å². The van der Waals surface area contributed by atoms with Gasteiger partial charge in [0.15, 0.2) is 5.65 Å². The molecule has 1 saturated carbocycles. The van der Waals surface area contributed by atoms with Crippen molar-refractivity contribution in [2.45, 2.75) is 32.6 Å². The van der Waals surface area contributed by atoms with Gasteiger partial charge in [-0.05, 0) is 61.8 Å². The quantitative estimate of drug-likeness (QED) is 0.799. The molecule has 2 heteroatoms. The van der Waals surface area contributed by atoms with Crippen molar-refractivity contribution in [3.05, 3.63) is 36.2 Å². The summed E-state index contributed by atoms with van der Waals surface area (Å²) in [4.78, 5) is 8.92. The van der Waals surface area contributed by atoms with Crippen LogP contribution in [-0.4, -0.2) is 9.97 Å². The normalized spacial score (nSPS) is 23.6. The molecule has 0 aromatic carbocycles. The second kappa shape index (κ2) is 4.44. The van der Waals surface area contributed by atoms with E-state index in [0.717, 1.165) is 29.3 Å². The number of pyridine rings is 2. The van der Waals surface area contributed by atoms with Crippen LogP contribution in [0, 0.1) is 11.8 Å². The summed E-state index contributed by atoms with van der Waals surface area (Å²) in [5.74, 6) is 1.89. The molecular formula is C15H18N2. The largest absolute Gasteiger partial charge is 0.237 e. The molecular weight excluding hydrogens is 208 g/mol. The molecule has 3 rings (SSSR count). The van der Waals surface area contributed by atoms with Crippen molar-refractivity contribution >= 4 is 11.0 Å². The van der Waals surface area contributed by atoms with Crippen molar-refractivity contribution in [3.63, 3.8) is 0 Å². The molecule has 0 radical (unpaired) electrons. The van der Waals surface area contributed by atoms with E-state index in [1.54, 1.807) is 0 Å². The fourth-order valence-corrected chi connectivity index (χ4v) is 2.79. The standard InChI is InChI=1S/C15H18N2/c1-11-9-12(10-11)4-6-14-7-5-13-3-2-8-16-15(13)17-14/h2-3,5,7-8,11-12H,4,6,9-10H2,1H3. The number of rotatable bonds is 3. The van der Waals surface area contributed by atoms with Crippen LogP contribution in [0.15, 0.2) is 30.5 Å². The lowest BCUT2D eigenvalue weighted by Crippen LogP contribution is -2.21. The smallest absolute Gasteiger partial charge is 0.159 e. The Labute approximate surface area is 102 Å². The molecule has 1 fully saturated rings. The van der Waals surface area contributed by atoms with Gasteiger partial charge in [0.1, 0.15) is 0 Å². The Kier molecular flexibility index (Phi) is 2.79. The second-order valence-electron chi connectivity index (χ2n) is 5.33. The third-order valence-electron chi connectivity index (χ3n) is 3.80. The zero-order valence-electron chi connectivity index (χ0n) is 10.3. The summed E-state index contributed by atoms with van der Waals surface area (Å²) in [7, 11) is 0. The van der Waals surface area contributed by atoms with E-state index in [4.69, 9.17) is 0 Å². The summed E-state index contributed by atoms with van der Waals surface area (Å²) in [5.41, 5.74) is 2.07. The highest BCUT2D eigenvalue weighted by atomic mass is 14.8. The number of hydrogen-bond donors (Lipinski definition) is 0. The first-order valence-corrected chi connectivity index (χ1v) is 6.52. The van der Waals surface area contributed by atoms with Crippen LogP contribution in [-0.2, 0) is 6.42 Å². The van der Waals surface area contributed by atoms with Gasteiger partial charge in [-0.1, -0.05) is 6.92 Å². The maximum absolute atomic E-state index is 4.61. The molecule has 0 amide bonds. The van der Waals surface area contributed by atoms with E-state index in [9.17, 15) is 0 Å². The Balaban J connectivity index is 1.68. The highest BCUT2D eigenvalue weighted by molar-refractivity contribution is 5.74. The van der Waals surface area contributed by atoms with E-state index >= 15 is 0 Å². The first-order valence-electron chi connectivity index (χ1n) is 6.52. The van der Waals surface area contributed by atoms with Crippen molar-refractivity contribution in [2.75, 3.05) is 0 Å². The number of aryl methyl sites for hydroxylation is 1. The van der Waals surface area contributed by atoms with Gasteiger partial charge in [-0.2, -0.15) is 0 Å². The van der Waals surface area contributed by atoms with E-state index in [0.29, 0.717) is 0 Å². The Morgan fingerprint density at radius 3 is 2.94 bits per heavy atom. The number of hydrogen-bond acceptors (Lipinski definition) is 2. The number of nitrogens with zero attached hydrogens (tertiary/aromatic N) is 2. The first kappa shape index (κ1) is 10.7. The lowest BCUT2D eigenvalue weighted by atomic mass is 9.74. The van der Waals surface area contributed by atoms with Crippen molar-refractivity contribution in [3.8, 4) is 0 Å². The van der Waals surface area contributed by atoms with Crippen LogP contribution < -0.4 is 0 Å². The van der Waals surface area contributed by atoms with Crippen LogP contribution >= 0.6 is 0 Å². The molecule has 0 bridgehead atoms. The minimum Gasteiger partial charge on any atom is -0.237 e. The monoisotopic (exact) mass is 226 g/mol. The molecule has 2 heterocycles. The predicted octanol–water partition coefficient (Wildman–Crippen LogP) is 3.61. The SMILES string of the molecule is CC1CC(CCc2ccc3cccnc3n2)C1. The average Bonchev–Trinajstić information content (AvgIpc) is 2.33. The van der Waals surface area contributed by atoms with Gasteiger partial charge < -0.3 is 0 Å². The zero-order chi connectivity index (χ0) is 11.7. The minimum atomic E-state index is 0.881. The van der Waals surface area contributed by atoms with Gasteiger partial charge in [-0.15, -0.1) is 0 Å². The molecule has 0 atom stereocenters. The average molecular weight is 226 g/mol. The summed E-state index contributed by atoms with van der Waals surface area (Å²) in [5, 5.41) is 1.13. The maximum Gasteiger partial charge on any atom is 0.159 e. The van der Waals surface area contributed by atoms with Gasteiger partial charge in [0.05, 0.1) is 0 Å². The first-order chi connectivity index (χ1) is 8.31. The van der Waals surface area contributed by atoms with Gasteiger partial charge in [0, 0.05) is 17.3 Å². The highest BCUT2D eigenvalue weighted by Crippen LogP contribution is 2.36. The lowest BCUT2D eigenvalue weighted by Gasteiger charge is -2.32. The van der Waals surface area contributed by atoms with E-state index in [1.807, 2.05) is 12.3 Å². The van der Waals surface area contributed by atoms with Gasteiger partial charge in [-0.3, -0.25) is 0 Å². The minimum absolute atomic E-state index is 0.881. The Hall–Kier alpha value is -1.44. The zero-order valence-corrected chi connectivity index (χ0v) is 10.3. The summed E-state index contributed by atoms with van der Waals surface area (Å²) in [6, 6.07) is 8.30. The molecule has 1 aliphatic rings. The summed E-state index contributed by atoms with van der Waals surface area (Å²) in [6.45, 7) is 2.34. The Morgan fingerprint density at radius 1 is 1.24 bits per heavy atom. The maximum atomic E-state index is 4.61. The van der Waals surface area contributed by atoms with Crippen molar-refractivity contribution in [1.82, 2.24) is 9.97 Å². The predicted molar refractivity (Wildman–Crippen MR) is 69.7 cm³/mol. The molecule has 2 aromatic heterocycles. The molecule has 88 valence electrons. The Morgan fingerprint density at radius 2 is 2.12 bits per heavy atom. The van der Waals surface area contributed by atoms with Crippen molar-refractivity contribution < 1.29 is 0 Å². The van der Waals surface area contributed by atoms with Crippen LogP contribution in [0.4, 0.5) is 0 Å². The van der Waals surface area contributed by atoms with Crippen LogP contribution in [0.2, 0.25) is 0 Å². The van der Waals surface area contributed by atoms with Gasteiger partial charge in [0.25, 0.3) is 0 Å². The molecule has 0 N–H and O–H groups in total. The summed E-state index contributed by atoms with van der Waals surface area (Å²) < 4.78 is 0. The van der Waals surface area contributed by atoms with Gasteiger partial charge in [0.2, 0.25) is 0 Å². The third-order valence-corrected chi connectivity index (χ3v) is 3.80. The molecule has 2 aromatic rings. The molecule has 17 heavy (non-hydrogen) atoms. The fourth-order valence-electron chi connectivity index (χ4n) is 2.79. The topological polar surface area (TPSA) is 25.8 Å². The summed E-state index contributed by atoms with van der Waals surface area (Å²) in [6.07, 6.45) is 7.02. The van der Waals surface area contributed by atoms with Crippen LogP contribution in [0.5, 0.6) is 0 Å². The molecule has 2 nitrogen and oxygen atoms in total. The van der Waals surface area contributed by atoms with E-state index < -0.39 is 0 Å². The van der Waals surface area contributed by atoms with E-state index in [-0.39, 0.29) is 0 Å². The third kappa shape index (κ3) is 2.31. The van der Waals surface area contributed by atoms with E-state index in [2.05, 4.69) is 35.1 Å². The molecule has 0 spiro atoms. The lowest BCUT2D eigenvalue weighted by molar-refractivity contribution is 0.199.